The van der Waals surface area contributed by atoms with Crippen LogP contribution in [0.1, 0.15) is 38.1 Å². The molecule has 0 unspecified atom stereocenters. The molecule has 0 N–H and O–H groups in total. The highest BCUT2D eigenvalue weighted by Gasteiger charge is 2.52. The normalized spacial score (nSPS) is 20.4. The van der Waals surface area contributed by atoms with E-state index in [1.54, 1.807) is 18.2 Å². The Morgan fingerprint density at radius 2 is 1.68 bits per heavy atom. The van der Waals surface area contributed by atoms with Crippen molar-refractivity contribution in [2.75, 3.05) is 0 Å². The first kappa shape index (κ1) is 14.0. The second kappa shape index (κ2) is 4.61. The molecule has 1 aliphatic rings. The van der Waals surface area contributed by atoms with Crippen LogP contribution < -0.4 is 5.46 Å². The van der Waals surface area contributed by atoms with Gasteiger partial charge in [0.2, 0.25) is 0 Å². The fraction of sp³-hybridized carbons (Fsp3) is 0.462. The molecule has 1 saturated heterocycles. The Kier molecular flexibility index (Phi) is 3.41. The summed E-state index contributed by atoms with van der Waals surface area (Å²) in [6, 6.07) is 6.49. The maximum absolute atomic E-state index is 12.1. The van der Waals surface area contributed by atoms with Crippen LogP contribution in [0.4, 0.5) is 4.53 Å². The van der Waals surface area contributed by atoms with Gasteiger partial charge in [-0.05, 0) is 39.2 Å². The maximum Gasteiger partial charge on any atom is 0.495 e. The Morgan fingerprint density at radius 3 is 2.21 bits per heavy atom. The van der Waals surface area contributed by atoms with Crippen LogP contribution in [0.15, 0.2) is 24.3 Å². The molecular weight excluding hydrogens is 250 g/mol. The molecule has 0 saturated carbocycles. The fourth-order valence-corrected chi connectivity index (χ4v) is 1.90. The van der Waals surface area contributed by atoms with Crippen molar-refractivity contribution in [1.29, 1.82) is 0 Å². The lowest BCUT2D eigenvalue weighted by atomic mass is 9.76. The maximum atomic E-state index is 12.1. The highest BCUT2D eigenvalue weighted by molar-refractivity contribution is 6.63. The summed E-state index contributed by atoms with van der Waals surface area (Å²) in [4.78, 5) is 14.7. The molecule has 0 amide bonds. The van der Waals surface area contributed by atoms with Crippen LogP contribution in [0.25, 0.3) is 0 Å². The molecule has 0 spiro atoms. The van der Waals surface area contributed by atoms with Crippen molar-refractivity contribution in [2.24, 2.45) is 0 Å². The molecule has 0 aromatic heterocycles. The Hall–Kier alpha value is -1.40. The minimum atomic E-state index is -1.05. The van der Waals surface area contributed by atoms with Crippen molar-refractivity contribution in [3.63, 3.8) is 0 Å². The van der Waals surface area contributed by atoms with Gasteiger partial charge in [0, 0.05) is 4.53 Å². The number of hydrogen-bond donors (Lipinski definition) is 0. The topological polar surface area (TPSA) is 44.8 Å². The van der Waals surface area contributed by atoms with Gasteiger partial charge in [0.1, 0.15) is 0 Å². The summed E-state index contributed by atoms with van der Waals surface area (Å²) in [5.41, 5.74) is -0.485. The van der Waals surface area contributed by atoms with E-state index in [2.05, 4.69) is 4.94 Å². The first-order valence-corrected chi connectivity index (χ1v) is 6.06. The zero-order chi connectivity index (χ0) is 14.3. The van der Waals surface area contributed by atoms with Crippen LogP contribution in [-0.4, -0.2) is 24.3 Å². The molecule has 2 rings (SSSR count). The third-order valence-corrected chi connectivity index (χ3v) is 3.76. The summed E-state index contributed by atoms with van der Waals surface area (Å²) in [7, 11) is -0.722. The monoisotopic (exact) mass is 266 g/mol. The van der Waals surface area contributed by atoms with E-state index in [1.165, 1.54) is 6.07 Å². The predicted molar refractivity (Wildman–Crippen MR) is 68.7 cm³/mol. The molecule has 6 heteroatoms. The summed E-state index contributed by atoms with van der Waals surface area (Å²) in [5.74, 6) is -1.05. The molecule has 1 fully saturated rings. The zero-order valence-electron chi connectivity index (χ0n) is 11.4. The second-order valence-electron chi connectivity index (χ2n) is 5.54. The molecule has 0 aliphatic carbocycles. The van der Waals surface area contributed by atoms with Gasteiger partial charge in [0.05, 0.1) is 16.8 Å². The first-order valence-electron chi connectivity index (χ1n) is 6.06. The minimum absolute atomic E-state index is 0.100. The van der Waals surface area contributed by atoms with Gasteiger partial charge in [0.25, 0.3) is 0 Å². The molecular formula is C13H16BFO4. The van der Waals surface area contributed by atoms with Crippen LogP contribution in [0.5, 0.6) is 0 Å². The van der Waals surface area contributed by atoms with Crippen molar-refractivity contribution in [3.05, 3.63) is 29.8 Å². The van der Waals surface area contributed by atoms with E-state index in [-0.39, 0.29) is 5.56 Å². The average molecular weight is 266 g/mol. The molecule has 0 atom stereocenters. The standard InChI is InChI=1S/C13H16BFO4/c1-12(2)13(3,4)19-14(18-12)10-8-6-5-7-9(10)11(16)17-15/h5-8H,1-4H3. The van der Waals surface area contributed by atoms with Gasteiger partial charge >= 0.3 is 13.1 Å². The Bertz CT molecular complexity index is 485. The Morgan fingerprint density at radius 1 is 1.16 bits per heavy atom. The van der Waals surface area contributed by atoms with Gasteiger partial charge in [-0.25, -0.2) is 9.74 Å². The van der Waals surface area contributed by atoms with Crippen LogP contribution >= 0.6 is 0 Å². The molecule has 102 valence electrons. The lowest BCUT2D eigenvalue weighted by Gasteiger charge is -2.32. The quantitative estimate of drug-likeness (QED) is 0.768. The van der Waals surface area contributed by atoms with Gasteiger partial charge in [-0.2, -0.15) is 0 Å². The Balaban J connectivity index is 2.37. The van der Waals surface area contributed by atoms with Crippen LogP contribution in [0, 0.1) is 0 Å². The van der Waals surface area contributed by atoms with Gasteiger partial charge in [-0.3, -0.25) is 0 Å². The molecule has 0 bridgehead atoms. The van der Waals surface area contributed by atoms with Gasteiger partial charge in [-0.1, -0.05) is 18.2 Å². The largest absolute Gasteiger partial charge is 0.495 e. The molecule has 1 aromatic rings. The van der Waals surface area contributed by atoms with E-state index < -0.39 is 24.3 Å². The molecule has 1 aliphatic heterocycles. The lowest BCUT2D eigenvalue weighted by molar-refractivity contribution is -0.0787. The molecule has 1 aromatic carbocycles. The molecule has 19 heavy (non-hydrogen) atoms. The van der Waals surface area contributed by atoms with Gasteiger partial charge < -0.3 is 9.31 Å². The molecule has 4 nitrogen and oxygen atoms in total. The predicted octanol–water partition coefficient (Wildman–Crippen LogP) is 2.03. The minimum Gasteiger partial charge on any atom is -0.399 e. The number of benzene rings is 1. The van der Waals surface area contributed by atoms with Crippen molar-refractivity contribution in [2.45, 2.75) is 38.9 Å². The van der Waals surface area contributed by atoms with E-state index >= 15 is 0 Å². The second-order valence-corrected chi connectivity index (χ2v) is 5.54. The lowest BCUT2D eigenvalue weighted by Crippen LogP contribution is -2.41. The smallest absolute Gasteiger partial charge is 0.399 e. The number of carbonyl (C=O) groups excluding carboxylic acids is 1. The summed E-state index contributed by atoms with van der Waals surface area (Å²) >= 11 is 0. The van der Waals surface area contributed by atoms with Crippen LogP contribution in [0.3, 0.4) is 0 Å². The highest BCUT2D eigenvalue weighted by Crippen LogP contribution is 2.36. The number of hydrogen-bond acceptors (Lipinski definition) is 4. The first-order chi connectivity index (χ1) is 8.78. The third-order valence-electron chi connectivity index (χ3n) is 3.76. The van der Waals surface area contributed by atoms with Crippen LogP contribution in [-0.2, 0) is 14.3 Å². The molecule has 1 heterocycles. The third kappa shape index (κ3) is 2.38. The summed E-state index contributed by atoms with van der Waals surface area (Å²) < 4.78 is 23.8. The molecule has 0 radical (unpaired) electrons. The van der Waals surface area contributed by atoms with Crippen LogP contribution in [0.2, 0.25) is 0 Å². The summed E-state index contributed by atoms with van der Waals surface area (Å²) in [6.45, 7) is 7.62. The number of halogens is 1. The van der Waals surface area contributed by atoms with Gasteiger partial charge in [0.15, 0.2) is 0 Å². The number of rotatable bonds is 2. The van der Waals surface area contributed by atoms with E-state index in [1.807, 2.05) is 27.7 Å². The number of carbonyl (C=O) groups is 1. The van der Waals surface area contributed by atoms with E-state index in [4.69, 9.17) is 9.31 Å². The summed E-state index contributed by atoms with van der Waals surface area (Å²) in [6.07, 6.45) is 0. The van der Waals surface area contributed by atoms with E-state index in [0.29, 0.717) is 5.46 Å². The zero-order valence-corrected chi connectivity index (χ0v) is 11.4. The van der Waals surface area contributed by atoms with Crippen molar-refractivity contribution in [1.82, 2.24) is 0 Å². The highest BCUT2D eigenvalue weighted by atomic mass is 19.3. The van der Waals surface area contributed by atoms with E-state index in [9.17, 15) is 9.32 Å². The van der Waals surface area contributed by atoms with E-state index in [0.717, 1.165) is 0 Å². The summed E-state index contributed by atoms with van der Waals surface area (Å²) in [5, 5.41) is 0. The van der Waals surface area contributed by atoms with Crippen molar-refractivity contribution >= 4 is 18.6 Å². The van der Waals surface area contributed by atoms with Crippen molar-refractivity contribution < 1.29 is 23.6 Å². The Labute approximate surface area is 111 Å². The fourth-order valence-electron chi connectivity index (χ4n) is 1.90. The van der Waals surface area contributed by atoms with Crippen molar-refractivity contribution in [3.8, 4) is 0 Å². The van der Waals surface area contributed by atoms with Gasteiger partial charge in [-0.15, -0.1) is 0 Å². The SMILES string of the molecule is CC1(C)OB(c2ccccc2C(=O)OF)OC1(C)C. The average Bonchev–Trinajstić information content (AvgIpc) is 2.57.